The highest BCUT2D eigenvalue weighted by atomic mass is 16.5. The van der Waals surface area contributed by atoms with Crippen molar-refractivity contribution in [2.75, 3.05) is 20.3 Å². The van der Waals surface area contributed by atoms with Crippen molar-refractivity contribution in [2.45, 2.75) is 57.7 Å². The van der Waals surface area contributed by atoms with Crippen molar-refractivity contribution in [2.24, 2.45) is 0 Å². The maximum atomic E-state index is 13.7. The molecule has 1 aliphatic heterocycles. The minimum absolute atomic E-state index is 0.0377. The summed E-state index contributed by atoms with van der Waals surface area (Å²) in [6.45, 7) is 2.78. The molecule has 0 bridgehead atoms. The van der Waals surface area contributed by atoms with Gasteiger partial charge < -0.3 is 23.7 Å². The van der Waals surface area contributed by atoms with Crippen molar-refractivity contribution in [3.8, 4) is 11.5 Å². The summed E-state index contributed by atoms with van der Waals surface area (Å²) in [6.07, 6.45) is 6.87. The molecule has 31 heavy (non-hydrogen) atoms. The van der Waals surface area contributed by atoms with E-state index in [4.69, 9.17) is 13.9 Å². The summed E-state index contributed by atoms with van der Waals surface area (Å²) >= 11 is 0. The first-order valence-electron chi connectivity index (χ1n) is 11.1. The highest BCUT2D eigenvalue weighted by Crippen LogP contribution is 2.37. The maximum Gasteiger partial charge on any atom is 0.250 e. The molecule has 2 fully saturated rings. The van der Waals surface area contributed by atoms with Crippen LogP contribution in [0, 0.1) is 0 Å². The van der Waals surface area contributed by atoms with Gasteiger partial charge in [-0.15, -0.1) is 0 Å². The number of nitrogens with zero attached hydrogens (tertiary/aromatic N) is 2. The van der Waals surface area contributed by atoms with E-state index < -0.39 is 6.04 Å². The Kier molecular flexibility index (Phi) is 6.49. The summed E-state index contributed by atoms with van der Waals surface area (Å²) in [6, 6.07) is 8.47. The lowest BCUT2D eigenvalue weighted by Gasteiger charge is -2.44. The summed E-state index contributed by atoms with van der Waals surface area (Å²) in [5, 5.41) is 0. The number of hydrogen-bond acceptors (Lipinski definition) is 5. The molecule has 1 saturated heterocycles. The molecule has 166 valence electrons. The minimum atomic E-state index is -0.724. The number of benzene rings is 1. The monoisotopic (exact) mass is 426 g/mol. The van der Waals surface area contributed by atoms with E-state index in [9.17, 15) is 9.59 Å². The molecule has 1 aromatic heterocycles. The van der Waals surface area contributed by atoms with E-state index in [0.29, 0.717) is 29.4 Å². The fourth-order valence-electron chi connectivity index (χ4n) is 4.65. The van der Waals surface area contributed by atoms with Crippen LogP contribution in [-0.2, 0) is 16.1 Å². The number of methoxy groups -OCH3 is 1. The van der Waals surface area contributed by atoms with Crippen LogP contribution in [0.1, 0.15) is 56.4 Å². The van der Waals surface area contributed by atoms with Crippen LogP contribution in [0.5, 0.6) is 11.5 Å². The average molecular weight is 427 g/mol. The average Bonchev–Trinajstić information content (AvgIpc) is 3.31. The van der Waals surface area contributed by atoms with Gasteiger partial charge in [-0.3, -0.25) is 9.59 Å². The number of carbonyl (C=O) groups is 2. The van der Waals surface area contributed by atoms with Crippen molar-refractivity contribution >= 4 is 11.8 Å². The zero-order valence-electron chi connectivity index (χ0n) is 18.2. The molecule has 1 aromatic carbocycles. The highest BCUT2D eigenvalue weighted by Gasteiger charge is 2.43. The van der Waals surface area contributed by atoms with Crippen LogP contribution < -0.4 is 9.47 Å². The Morgan fingerprint density at radius 2 is 1.90 bits per heavy atom. The molecule has 4 rings (SSSR count). The Bertz CT molecular complexity index is 905. The first-order valence-corrected chi connectivity index (χ1v) is 11.1. The molecule has 0 N–H and O–H groups in total. The van der Waals surface area contributed by atoms with Crippen molar-refractivity contribution in [1.82, 2.24) is 9.80 Å². The number of furan rings is 1. The van der Waals surface area contributed by atoms with Gasteiger partial charge in [0.15, 0.2) is 11.5 Å². The number of amides is 2. The lowest BCUT2D eigenvalue weighted by Crippen LogP contribution is -2.58. The quantitative estimate of drug-likeness (QED) is 0.671. The molecule has 7 nitrogen and oxygen atoms in total. The van der Waals surface area contributed by atoms with E-state index in [1.807, 2.05) is 19.1 Å². The topological polar surface area (TPSA) is 72.2 Å². The van der Waals surface area contributed by atoms with Crippen LogP contribution in [0.4, 0.5) is 0 Å². The number of rotatable bonds is 7. The first kappa shape index (κ1) is 21.3. The van der Waals surface area contributed by atoms with Crippen LogP contribution in [0.2, 0.25) is 0 Å². The van der Waals surface area contributed by atoms with Crippen LogP contribution in [0.25, 0.3) is 0 Å². The van der Waals surface area contributed by atoms with Crippen molar-refractivity contribution in [1.29, 1.82) is 0 Å². The zero-order valence-corrected chi connectivity index (χ0v) is 18.2. The second-order valence-electron chi connectivity index (χ2n) is 8.10. The Labute approximate surface area is 182 Å². The highest BCUT2D eigenvalue weighted by molar-refractivity contribution is 5.96. The summed E-state index contributed by atoms with van der Waals surface area (Å²) in [7, 11) is 1.57. The number of hydrogen-bond donors (Lipinski definition) is 0. The van der Waals surface area contributed by atoms with Gasteiger partial charge in [0.05, 0.1) is 26.5 Å². The normalized spacial score (nSPS) is 20.3. The Morgan fingerprint density at radius 3 is 2.58 bits per heavy atom. The Morgan fingerprint density at radius 1 is 1.10 bits per heavy atom. The number of piperazine rings is 1. The van der Waals surface area contributed by atoms with Crippen LogP contribution in [-0.4, -0.2) is 47.9 Å². The molecule has 0 spiro atoms. The van der Waals surface area contributed by atoms with Gasteiger partial charge in [-0.2, -0.15) is 0 Å². The predicted octanol–water partition coefficient (Wildman–Crippen LogP) is 3.93. The third-order valence-corrected chi connectivity index (χ3v) is 6.18. The molecule has 0 unspecified atom stereocenters. The van der Waals surface area contributed by atoms with E-state index >= 15 is 0 Å². The van der Waals surface area contributed by atoms with Gasteiger partial charge in [0, 0.05) is 6.04 Å². The van der Waals surface area contributed by atoms with E-state index in [0.717, 1.165) is 25.7 Å². The predicted molar refractivity (Wildman–Crippen MR) is 115 cm³/mol. The van der Waals surface area contributed by atoms with E-state index in [-0.39, 0.29) is 30.9 Å². The summed E-state index contributed by atoms with van der Waals surface area (Å²) in [5.41, 5.74) is 0.714. The first-order chi connectivity index (χ1) is 15.1. The van der Waals surface area contributed by atoms with Crippen molar-refractivity contribution < 1.29 is 23.5 Å². The molecule has 7 heteroatoms. The molecular weight excluding hydrogens is 396 g/mol. The summed E-state index contributed by atoms with van der Waals surface area (Å²) in [5.74, 6) is 1.70. The van der Waals surface area contributed by atoms with Gasteiger partial charge in [0.2, 0.25) is 5.91 Å². The lowest BCUT2D eigenvalue weighted by molar-refractivity contribution is -0.160. The molecule has 1 aliphatic carbocycles. The second kappa shape index (κ2) is 9.45. The van der Waals surface area contributed by atoms with Crippen molar-refractivity contribution in [3.63, 3.8) is 0 Å². The molecule has 2 heterocycles. The van der Waals surface area contributed by atoms with E-state index in [2.05, 4.69) is 0 Å². The standard InChI is InChI=1S/C24H30N2O5/c1-3-30-20-12-11-17(14-21(20)29-2)23-24(28)25(18-8-5-4-6-9-18)16-22(27)26(23)15-19-10-7-13-31-19/h7,10-14,18,23H,3-6,8-9,15-16H2,1-2H3/t23-/m1/s1. The Hall–Kier alpha value is -2.96. The Balaban J connectivity index is 1.70. The smallest absolute Gasteiger partial charge is 0.250 e. The summed E-state index contributed by atoms with van der Waals surface area (Å²) in [4.78, 5) is 30.4. The largest absolute Gasteiger partial charge is 0.493 e. The van der Waals surface area contributed by atoms with Gasteiger partial charge >= 0.3 is 0 Å². The van der Waals surface area contributed by atoms with Gasteiger partial charge in [-0.25, -0.2) is 0 Å². The van der Waals surface area contributed by atoms with Crippen LogP contribution in [0.15, 0.2) is 41.0 Å². The van der Waals surface area contributed by atoms with Crippen LogP contribution in [0.3, 0.4) is 0 Å². The zero-order chi connectivity index (χ0) is 21.8. The molecule has 1 saturated carbocycles. The van der Waals surface area contributed by atoms with Gasteiger partial charge in [0.25, 0.3) is 5.91 Å². The molecular formula is C24H30N2O5. The van der Waals surface area contributed by atoms with E-state index in [1.165, 1.54) is 6.42 Å². The minimum Gasteiger partial charge on any atom is -0.493 e. The van der Waals surface area contributed by atoms with Crippen molar-refractivity contribution in [3.05, 3.63) is 47.9 Å². The van der Waals surface area contributed by atoms with Gasteiger partial charge in [-0.1, -0.05) is 25.3 Å². The lowest BCUT2D eigenvalue weighted by atomic mass is 9.91. The number of ether oxygens (including phenoxy) is 2. The van der Waals surface area contributed by atoms with Gasteiger partial charge in [-0.05, 0) is 49.6 Å². The fraction of sp³-hybridized carbons (Fsp3) is 0.500. The molecule has 1 atom stereocenters. The van der Waals surface area contributed by atoms with Crippen LogP contribution >= 0.6 is 0 Å². The second-order valence-corrected chi connectivity index (χ2v) is 8.10. The van der Waals surface area contributed by atoms with E-state index in [1.54, 1.807) is 41.4 Å². The summed E-state index contributed by atoms with van der Waals surface area (Å²) < 4.78 is 16.6. The fourth-order valence-corrected chi connectivity index (χ4v) is 4.65. The molecule has 2 amide bonds. The number of carbonyl (C=O) groups excluding carboxylic acids is 2. The molecule has 2 aliphatic rings. The molecule has 2 aromatic rings. The third-order valence-electron chi connectivity index (χ3n) is 6.18. The third kappa shape index (κ3) is 4.40. The molecule has 0 radical (unpaired) electrons. The SMILES string of the molecule is CCOc1ccc([C@@H]2C(=O)N(C3CCCCC3)CC(=O)N2Cc2ccco2)cc1OC. The maximum absolute atomic E-state index is 13.7. The van der Waals surface area contributed by atoms with Gasteiger partial charge in [0.1, 0.15) is 18.3 Å².